The summed E-state index contributed by atoms with van der Waals surface area (Å²) in [7, 11) is 0. The van der Waals surface area contributed by atoms with E-state index in [4.69, 9.17) is 0 Å². The molecular weight excluding hydrogens is 486 g/mol. The SMILES string of the molecule is CCC(C)N1CCN(c2ccc(C(=O)N([O-])CCCCCCCCCCCCCCO[N+](=O)[O-])cn2)CC1. The Kier molecular flexibility index (Phi) is 15.7. The van der Waals surface area contributed by atoms with Crippen molar-refractivity contribution in [3.8, 4) is 0 Å². The molecule has 1 fully saturated rings. The first-order valence-electron chi connectivity index (χ1n) is 14.6. The normalized spacial score (nSPS) is 14.9. The predicted molar refractivity (Wildman–Crippen MR) is 151 cm³/mol. The van der Waals surface area contributed by atoms with E-state index in [0.717, 1.165) is 83.4 Å². The van der Waals surface area contributed by atoms with E-state index in [2.05, 4.69) is 33.5 Å². The molecule has 0 saturated carbocycles. The number of carbonyl (C=O) groups excluding carboxylic acids is 1. The van der Waals surface area contributed by atoms with Crippen LogP contribution in [0.3, 0.4) is 0 Å². The lowest BCUT2D eigenvalue weighted by molar-refractivity contribution is -0.757. The summed E-state index contributed by atoms with van der Waals surface area (Å²) >= 11 is 0. The minimum atomic E-state index is -0.732. The van der Waals surface area contributed by atoms with E-state index in [0.29, 0.717) is 16.7 Å². The summed E-state index contributed by atoms with van der Waals surface area (Å²) < 4.78 is 0. The highest BCUT2D eigenvalue weighted by Crippen LogP contribution is 2.17. The fraction of sp³-hybridized carbons (Fsp3) is 0.786. The van der Waals surface area contributed by atoms with E-state index in [9.17, 15) is 20.1 Å². The number of piperazine rings is 1. The van der Waals surface area contributed by atoms with Crippen LogP contribution in [-0.4, -0.2) is 71.3 Å². The lowest BCUT2D eigenvalue weighted by Crippen LogP contribution is -2.49. The van der Waals surface area contributed by atoms with Crippen LogP contribution < -0.4 is 4.90 Å². The highest BCUT2D eigenvalue weighted by molar-refractivity contribution is 5.94. The zero-order valence-electron chi connectivity index (χ0n) is 23.5. The zero-order chi connectivity index (χ0) is 27.6. The molecule has 216 valence electrons. The van der Waals surface area contributed by atoms with Crippen LogP contribution in [0.2, 0.25) is 0 Å². The highest BCUT2D eigenvalue weighted by Gasteiger charge is 2.21. The molecule has 0 spiro atoms. The first-order valence-corrected chi connectivity index (χ1v) is 14.6. The molecule has 1 unspecified atom stereocenters. The molecule has 10 nitrogen and oxygen atoms in total. The van der Waals surface area contributed by atoms with Crippen LogP contribution in [0.15, 0.2) is 18.3 Å². The second kappa shape index (κ2) is 18.7. The summed E-state index contributed by atoms with van der Waals surface area (Å²) in [5.74, 6) is 0.360. The van der Waals surface area contributed by atoms with Gasteiger partial charge < -0.3 is 20.0 Å². The smallest absolute Gasteiger partial charge is 0.294 e. The molecule has 2 rings (SSSR count). The van der Waals surface area contributed by atoms with E-state index < -0.39 is 11.0 Å². The number of nitrogens with zero attached hydrogens (tertiary/aromatic N) is 5. The van der Waals surface area contributed by atoms with Gasteiger partial charge in [-0.3, -0.25) is 9.69 Å². The fourth-order valence-electron chi connectivity index (χ4n) is 4.86. The summed E-state index contributed by atoms with van der Waals surface area (Å²) in [4.78, 5) is 36.1. The van der Waals surface area contributed by atoms with Gasteiger partial charge in [-0.1, -0.05) is 71.1 Å². The van der Waals surface area contributed by atoms with Gasteiger partial charge in [0, 0.05) is 45.0 Å². The summed E-state index contributed by atoms with van der Waals surface area (Å²) in [6, 6.07) is 4.18. The third-order valence-electron chi connectivity index (χ3n) is 7.53. The Hall–Kier alpha value is -2.46. The molecule has 1 amide bonds. The van der Waals surface area contributed by atoms with Crippen LogP contribution in [0.1, 0.15) is 108 Å². The molecule has 1 aromatic rings. The van der Waals surface area contributed by atoms with Crippen LogP contribution >= 0.6 is 0 Å². The van der Waals surface area contributed by atoms with Crippen molar-refractivity contribution >= 4 is 11.7 Å². The van der Waals surface area contributed by atoms with Gasteiger partial charge in [0.15, 0.2) is 0 Å². The molecule has 2 heterocycles. The number of rotatable bonds is 20. The number of hydroxylamine groups is 2. The molecule has 0 aromatic carbocycles. The fourth-order valence-corrected chi connectivity index (χ4v) is 4.86. The average molecular weight is 535 g/mol. The Bertz CT molecular complexity index is 786. The number of aromatic nitrogens is 1. The van der Waals surface area contributed by atoms with Crippen molar-refractivity contribution in [1.29, 1.82) is 0 Å². The zero-order valence-corrected chi connectivity index (χ0v) is 23.5. The van der Waals surface area contributed by atoms with E-state index in [1.807, 2.05) is 6.07 Å². The standard InChI is InChI=1S/C28H48N5O5/c1-3-25(2)30-19-21-31(22-20-30)27-17-16-26(24-29-27)28(34)32(35)18-14-12-10-8-6-4-5-7-9-11-13-15-23-38-33(36)37/h16-17,24-25H,3-15,18-23H2,1-2H3/q-1. The molecular formula is C28H48N5O5-. The number of carbonyl (C=O) groups is 1. The van der Waals surface area contributed by atoms with Crippen LogP contribution in [0, 0.1) is 15.3 Å². The van der Waals surface area contributed by atoms with Crippen molar-refractivity contribution in [1.82, 2.24) is 14.9 Å². The second-order valence-electron chi connectivity index (χ2n) is 10.4. The molecule has 1 aromatic heterocycles. The minimum absolute atomic E-state index is 0.201. The number of unbranched alkanes of at least 4 members (excludes halogenated alkanes) is 11. The van der Waals surface area contributed by atoms with Gasteiger partial charge in [-0.15, -0.1) is 10.1 Å². The van der Waals surface area contributed by atoms with E-state index in [1.54, 1.807) is 6.07 Å². The van der Waals surface area contributed by atoms with Gasteiger partial charge in [-0.25, -0.2) is 4.98 Å². The Labute approximate surface area is 228 Å². The molecule has 0 bridgehead atoms. The average Bonchev–Trinajstić information content (AvgIpc) is 2.94. The van der Waals surface area contributed by atoms with Crippen molar-refractivity contribution in [2.45, 2.75) is 103 Å². The molecule has 10 heteroatoms. The Balaban J connectivity index is 1.48. The Morgan fingerprint density at radius 1 is 0.974 bits per heavy atom. The Morgan fingerprint density at radius 3 is 2.03 bits per heavy atom. The van der Waals surface area contributed by atoms with Gasteiger partial charge >= 0.3 is 0 Å². The van der Waals surface area contributed by atoms with Gasteiger partial charge in [0.1, 0.15) is 5.82 Å². The van der Waals surface area contributed by atoms with Gasteiger partial charge in [-0.05, 0) is 38.3 Å². The molecule has 0 aliphatic carbocycles. The largest absolute Gasteiger partial charge is 0.756 e. The maximum atomic E-state index is 12.5. The highest BCUT2D eigenvalue weighted by atomic mass is 16.9. The predicted octanol–water partition coefficient (Wildman–Crippen LogP) is 5.83. The molecule has 1 aliphatic rings. The number of hydrogen-bond donors (Lipinski definition) is 0. The van der Waals surface area contributed by atoms with Crippen LogP contribution in [0.5, 0.6) is 0 Å². The first-order chi connectivity index (χ1) is 18.4. The van der Waals surface area contributed by atoms with Crippen molar-refractivity contribution in [3.05, 3.63) is 39.2 Å². The topological polar surface area (TPSA) is 115 Å². The lowest BCUT2D eigenvalue weighted by atomic mass is 10.1. The number of anilines is 1. The van der Waals surface area contributed by atoms with E-state index >= 15 is 0 Å². The third-order valence-corrected chi connectivity index (χ3v) is 7.53. The minimum Gasteiger partial charge on any atom is -0.756 e. The summed E-state index contributed by atoms with van der Waals surface area (Å²) in [6.07, 6.45) is 15.4. The molecule has 0 radical (unpaired) electrons. The number of amides is 1. The van der Waals surface area contributed by atoms with Crippen molar-refractivity contribution in [2.75, 3.05) is 44.2 Å². The van der Waals surface area contributed by atoms with E-state index in [1.165, 1.54) is 38.3 Å². The first kappa shape index (κ1) is 31.8. The summed E-state index contributed by atoms with van der Waals surface area (Å²) in [5, 5.41) is 22.2. The van der Waals surface area contributed by atoms with Gasteiger partial charge in [0.05, 0.1) is 12.2 Å². The van der Waals surface area contributed by atoms with Crippen molar-refractivity contribution in [3.63, 3.8) is 0 Å². The van der Waals surface area contributed by atoms with Gasteiger partial charge in [0.25, 0.3) is 5.09 Å². The molecule has 0 N–H and O–H groups in total. The van der Waals surface area contributed by atoms with E-state index in [-0.39, 0.29) is 13.2 Å². The van der Waals surface area contributed by atoms with Crippen molar-refractivity contribution in [2.24, 2.45) is 0 Å². The van der Waals surface area contributed by atoms with Crippen molar-refractivity contribution < 1.29 is 14.7 Å². The monoisotopic (exact) mass is 534 g/mol. The molecule has 1 atom stereocenters. The maximum Gasteiger partial charge on any atom is 0.294 e. The number of hydrogen-bond acceptors (Lipinski definition) is 8. The molecule has 1 aliphatic heterocycles. The Morgan fingerprint density at radius 2 is 1.53 bits per heavy atom. The maximum absolute atomic E-state index is 12.5. The van der Waals surface area contributed by atoms with Gasteiger partial charge in [-0.2, -0.15) is 0 Å². The third kappa shape index (κ3) is 12.4. The van der Waals surface area contributed by atoms with Crippen LogP contribution in [0.25, 0.3) is 0 Å². The quantitative estimate of drug-likeness (QED) is 0.117. The second-order valence-corrected chi connectivity index (χ2v) is 10.4. The van der Waals surface area contributed by atoms with Crippen LogP contribution in [0.4, 0.5) is 5.82 Å². The van der Waals surface area contributed by atoms with Crippen LogP contribution in [-0.2, 0) is 4.84 Å². The summed E-state index contributed by atoms with van der Waals surface area (Å²) in [6.45, 7) is 8.78. The van der Waals surface area contributed by atoms with Gasteiger partial charge in [0.2, 0.25) is 5.91 Å². The molecule has 1 saturated heterocycles. The lowest BCUT2D eigenvalue weighted by Gasteiger charge is -2.38. The summed E-state index contributed by atoms with van der Waals surface area (Å²) in [5.41, 5.74) is 0.354. The number of pyridine rings is 1. The molecule has 38 heavy (non-hydrogen) atoms.